The van der Waals surface area contributed by atoms with Gasteiger partial charge in [-0.2, -0.15) is 0 Å². The van der Waals surface area contributed by atoms with Crippen molar-refractivity contribution in [3.63, 3.8) is 0 Å². The molecule has 19 heavy (non-hydrogen) atoms. The molecule has 102 valence electrons. The molecule has 0 spiro atoms. The number of rotatable bonds is 6. The summed E-state index contributed by atoms with van der Waals surface area (Å²) in [6.07, 6.45) is 0.741. The maximum absolute atomic E-state index is 10.5. The first-order valence-electron chi connectivity index (χ1n) is 6.75. The Balaban J connectivity index is 1.45. The highest BCUT2D eigenvalue weighted by molar-refractivity contribution is 5.67. The van der Waals surface area contributed by atoms with E-state index < -0.39 is 5.97 Å². The first kappa shape index (κ1) is 12.5. The number of carboxylic acids is 1. The van der Waals surface area contributed by atoms with Crippen molar-refractivity contribution >= 4 is 5.97 Å². The summed E-state index contributed by atoms with van der Waals surface area (Å²) in [5.74, 6) is 2.21. The van der Waals surface area contributed by atoms with Gasteiger partial charge in [0.2, 0.25) is 0 Å². The van der Waals surface area contributed by atoms with E-state index in [1.165, 1.54) is 0 Å². The zero-order valence-corrected chi connectivity index (χ0v) is 10.7. The molecule has 3 rings (SSSR count). The summed E-state index contributed by atoms with van der Waals surface area (Å²) in [5, 5.41) is 8.63. The Morgan fingerprint density at radius 2 is 1.95 bits per heavy atom. The zero-order chi connectivity index (χ0) is 13.2. The molecule has 1 aliphatic carbocycles. The van der Waals surface area contributed by atoms with E-state index in [-0.39, 0.29) is 6.42 Å². The minimum atomic E-state index is -0.761. The van der Waals surface area contributed by atoms with Crippen LogP contribution < -0.4 is 4.74 Å². The monoisotopic (exact) mass is 262 g/mol. The van der Waals surface area contributed by atoms with Crippen molar-refractivity contribution in [3.05, 3.63) is 29.8 Å². The lowest BCUT2D eigenvalue weighted by Crippen LogP contribution is -2.07. The van der Waals surface area contributed by atoms with E-state index in [1.54, 1.807) is 0 Å². The van der Waals surface area contributed by atoms with Gasteiger partial charge in [-0.3, -0.25) is 4.79 Å². The summed E-state index contributed by atoms with van der Waals surface area (Å²) >= 11 is 0. The summed E-state index contributed by atoms with van der Waals surface area (Å²) in [6.45, 7) is 2.56. The Hall–Kier alpha value is -1.55. The van der Waals surface area contributed by atoms with Gasteiger partial charge < -0.3 is 14.6 Å². The third kappa shape index (κ3) is 2.89. The molecule has 1 aromatic rings. The first-order valence-corrected chi connectivity index (χ1v) is 6.75. The predicted molar refractivity (Wildman–Crippen MR) is 69.2 cm³/mol. The molecule has 1 heterocycles. The highest BCUT2D eigenvalue weighted by Crippen LogP contribution is 2.50. The van der Waals surface area contributed by atoms with Gasteiger partial charge >= 0.3 is 5.97 Å². The number of ether oxygens (including phenoxy) is 2. The molecule has 0 bridgehead atoms. The van der Waals surface area contributed by atoms with E-state index in [4.69, 9.17) is 14.6 Å². The Labute approximate surface area is 112 Å². The topological polar surface area (TPSA) is 55.8 Å². The van der Waals surface area contributed by atoms with Gasteiger partial charge in [0.1, 0.15) is 5.75 Å². The average Bonchev–Trinajstić information content (AvgIpc) is 2.84. The lowest BCUT2D eigenvalue weighted by atomic mass is 10.1. The Morgan fingerprint density at radius 1 is 1.26 bits per heavy atom. The Morgan fingerprint density at radius 3 is 2.58 bits per heavy atom. The minimum absolute atomic E-state index is 0.172. The molecule has 0 radical (unpaired) electrons. The standard InChI is InChI=1S/C15H18O4/c16-15(17)6-3-10-1-4-11(5-2-10)19-9-14-12-7-18-8-13(12)14/h1-2,4-5,12-14H,3,6-9H2,(H,16,17). The van der Waals surface area contributed by atoms with Gasteiger partial charge in [0, 0.05) is 12.3 Å². The molecule has 2 unspecified atom stereocenters. The predicted octanol–water partition coefficient (Wildman–Crippen LogP) is 1.98. The second-order valence-corrected chi connectivity index (χ2v) is 5.38. The van der Waals surface area contributed by atoms with E-state index in [2.05, 4.69) is 0 Å². The highest BCUT2D eigenvalue weighted by atomic mass is 16.5. The van der Waals surface area contributed by atoms with Gasteiger partial charge in [-0.25, -0.2) is 0 Å². The number of benzene rings is 1. The number of hydrogen-bond acceptors (Lipinski definition) is 3. The van der Waals surface area contributed by atoms with Crippen LogP contribution in [0, 0.1) is 17.8 Å². The molecular weight excluding hydrogens is 244 g/mol. The maximum Gasteiger partial charge on any atom is 0.303 e. The number of fused-ring (bicyclic) bond motifs is 1. The average molecular weight is 262 g/mol. The normalized spacial score (nSPS) is 27.9. The van der Waals surface area contributed by atoms with Crippen LogP contribution in [-0.4, -0.2) is 30.9 Å². The van der Waals surface area contributed by atoms with Crippen molar-refractivity contribution in [2.45, 2.75) is 12.8 Å². The fourth-order valence-corrected chi connectivity index (χ4v) is 2.80. The zero-order valence-electron chi connectivity index (χ0n) is 10.7. The molecule has 4 heteroatoms. The smallest absolute Gasteiger partial charge is 0.303 e. The minimum Gasteiger partial charge on any atom is -0.493 e. The number of aryl methyl sites for hydroxylation is 1. The third-order valence-corrected chi connectivity index (χ3v) is 4.12. The second kappa shape index (κ2) is 5.21. The summed E-state index contributed by atoms with van der Waals surface area (Å²) in [5.41, 5.74) is 1.03. The maximum atomic E-state index is 10.5. The second-order valence-electron chi connectivity index (χ2n) is 5.38. The molecule has 2 fully saturated rings. The molecule has 2 atom stereocenters. The van der Waals surface area contributed by atoms with Gasteiger partial charge in [-0.05, 0) is 36.0 Å². The largest absolute Gasteiger partial charge is 0.493 e. The number of hydrogen-bond donors (Lipinski definition) is 1. The first-order chi connectivity index (χ1) is 9.24. The van der Waals surface area contributed by atoms with E-state index >= 15 is 0 Å². The molecule has 4 nitrogen and oxygen atoms in total. The molecule has 0 aromatic heterocycles. The molecule has 1 aromatic carbocycles. The van der Waals surface area contributed by atoms with Crippen molar-refractivity contribution in [2.75, 3.05) is 19.8 Å². The summed E-state index contributed by atoms with van der Waals surface area (Å²) < 4.78 is 11.1. The quantitative estimate of drug-likeness (QED) is 0.851. The van der Waals surface area contributed by atoms with Gasteiger partial charge in [0.05, 0.1) is 19.8 Å². The molecular formula is C15H18O4. The van der Waals surface area contributed by atoms with E-state index in [0.29, 0.717) is 12.3 Å². The van der Waals surface area contributed by atoms with Crippen molar-refractivity contribution in [3.8, 4) is 5.75 Å². The molecule has 1 saturated heterocycles. The fraction of sp³-hybridized carbons (Fsp3) is 0.533. The van der Waals surface area contributed by atoms with Gasteiger partial charge in [-0.15, -0.1) is 0 Å². The van der Waals surface area contributed by atoms with Crippen LogP contribution in [0.4, 0.5) is 0 Å². The van der Waals surface area contributed by atoms with Crippen LogP contribution in [0.15, 0.2) is 24.3 Å². The van der Waals surface area contributed by atoms with Crippen LogP contribution in [0.5, 0.6) is 5.75 Å². The summed E-state index contributed by atoms with van der Waals surface area (Å²) in [4.78, 5) is 10.5. The number of carboxylic acid groups (broad SMARTS) is 1. The SMILES string of the molecule is O=C(O)CCc1ccc(OCC2C3COCC32)cc1. The van der Waals surface area contributed by atoms with Gasteiger partial charge in [0.15, 0.2) is 0 Å². The lowest BCUT2D eigenvalue weighted by Gasteiger charge is -2.08. The van der Waals surface area contributed by atoms with Crippen LogP contribution in [-0.2, 0) is 16.0 Å². The lowest BCUT2D eigenvalue weighted by molar-refractivity contribution is -0.136. The third-order valence-electron chi connectivity index (χ3n) is 4.12. The number of carbonyl (C=O) groups is 1. The van der Waals surface area contributed by atoms with Crippen molar-refractivity contribution in [1.82, 2.24) is 0 Å². The van der Waals surface area contributed by atoms with Crippen molar-refractivity contribution in [1.29, 1.82) is 0 Å². The number of aliphatic carboxylic acids is 1. The molecule has 2 aliphatic rings. The highest BCUT2D eigenvalue weighted by Gasteiger charge is 2.54. The van der Waals surface area contributed by atoms with Crippen LogP contribution in [0.25, 0.3) is 0 Å². The molecule has 1 N–H and O–H groups in total. The molecule has 1 saturated carbocycles. The molecule has 1 aliphatic heterocycles. The van der Waals surface area contributed by atoms with Crippen LogP contribution in [0.2, 0.25) is 0 Å². The van der Waals surface area contributed by atoms with Crippen LogP contribution in [0.3, 0.4) is 0 Å². The fourth-order valence-electron chi connectivity index (χ4n) is 2.80. The van der Waals surface area contributed by atoms with Crippen molar-refractivity contribution < 1.29 is 19.4 Å². The Kier molecular flexibility index (Phi) is 3.42. The molecule has 0 amide bonds. The Bertz CT molecular complexity index is 444. The van der Waals surface area contributed by atoms with Crippen LogP contribution >= 0.6 is 0 Å². The van der Waals surface area contributed by atoms with E-state index in [0.717, 1.165) is 43.0 Å². The summed E-state index contributed by atoms with van der Waals surface area (Å²) in [7, 11) is 0. The van der Waals surface area contributed by atoms with Crippen LogP contribution in [0.1, 0.15) is 12.0 Å². The summed E-state index contributed by atoms with van der Waals surface area (Å²) in [6, 6.07) is 7.72. The van der Waals surface area contributed by atoms with E-state index in [9.17, 15) is 4.79 Å². The van der Waals surface area contributed by atoms with Crippen molar-refractivity contribution in [2.24, 2.45) is 17.8 Å². The van der Waals surface area contributed by atoms with Gasteiger partial charge in [0.25, 0.3) is 0 Å². The van der Waals surface area contributed by atoms with Gasteiger partial charge in [-0.1, -0.05) is 12.1 Å². The van der Waals surface area contributed by atoms with E-state index in [1.807, 2.05) is 24.3 Å².